The summed E-state index contributed by atoms with van der Waals surface area (Å²) in [7, 11) is 0. The quantitative estimate of drug-likeness (QED) is 0.818. The van der Waals surface area contributed by atoms with Crippen LogP contribution in [0, 0.1) is 12.8 Å². The van der Waals surface area contributed by atoms with E-state index in [1.165, 1.54) is 12.8 Å². The highest BCUT2D eigenvalue weighted by Crippen LogP contribution is 2.14. The Morgan fingerprint density at radius 2 is 2.47 bits per heavy atom. The molecule has 2 rings (SSSR count). The smallest absolute Gasteiger partial charge is 0.137 e. The molecule has 1 N–H and O–H groups in total. The molecule has 1 aliphatic heterocycles. The Bertz CT molecular complexity index is 291. The number of nitrogens with zero attached hydrogens (tertiary/aromatic N) is 1. The Morgan fingerprint density at radius 1 is 1.53 bits per heavy atom. The lowest BCUT2D eigenvalue weighted by Gasteiger charge is -2.22. The van der Waals surface area contributed by atoms with Gasteiger partial charge < -0.3 is 10.1 Å². The third-order valence-electron chi connectivity index (χ3n) is 2.77. The van der Waals surface area contributed by atoms with Crippen LogP contribution < -0.4 is 10.1 Å². The number of aryl methyl sites for hydroxylation is 1. The average Bonchev–Trinajstić information content (AvgIpc) is 2.30. The van der Waals surface area contributed by atoms with Gasteiger partial charge >= 0.3 is 0 Å². The normalized spacial score (nSPS) is 21.3. The van der Waals surface area contributed by atoms with Gasteiger partial charge in [-0.2, -0.15) is 0 Å². The Kier molecular flexibility index (Phi) is 3.56. The molecule has 1 fully saturated rings. The van der Waals surface area contributed by atoms with Crippen molar-refractivity contribution < 1.29 is 4.74 Å². The van der Waals surface area contributed by atoms with Gasteiger partial charge in [0, 0.05) is 18.2 Å². The topological polar surface area (TPSA) is 34.1 Å². The second kappa shape index (κ2) is 5.12. The molecule has 0 unspecified atom stereocenters. The van der Waals surface area contributed by atoms with Gasteiger partial charge in [-0.3, -0.25) is 4.98 Å². The van der Waals surface area contributed by atoms with Crippen LogP contribution in [0.2, 0.25) is 0 Å². The first-order valence-corrected chi connectivity index (χ1v) is 5.61. The molecule has 1 aliphatic rings. The Labute approximate surface area is 90.9 Å². The Balaban J connectivity index is 1.79. The maximum absolute atomic E-state index is 5.70. The minimum absolute atomic E-state index is 0.653. The zero-order valence-corrected chi connectivity index (χ0v) is 9.20. The number of nitrogens with one attached hydrogen (secondary N) is 1. The maximum Gasteiger partial charge on any atom is 0.137 e. The first-order chi connectivity index (χ1) is 7.34. The Morgan fingerprint density at radius 3 is 3.13 bits per heavy atom. The van der Waals surface area contributed by atoms with Crippen molar-refractivity contribution >= 4 is 0 Å². The van der Waals surface area contributed by atoms with Crippen LogP contribution in [0.3, 0.4) is 0 Å². The van der Waals surface area contributed by atoms with E-state index in [2.05, 4.69) is 10.3 Å². The molecular formula is C12H18N2O. The van der Waals surface area contributed by atoms with Crippen LogP contribution in [0.1, 0.15) is 18.5 Å². The highest BCUT2D eigenvalue weighted by Gasteiger charge is 2.13. The minimum atomic E-state index is 0.653. The zero-order chi connectivity index (χ0) is 10.5. The fourth-order valence-electron chi connectivity index (χ4n) is 1.82. The average molecular weight is 206 g/mol. The van der Waals surface area contributed by atoms with Crippen LogP contribution in [-0.4, -0.2) is 24.7 Å². The van der Waals surface area contributed by atoms with Crippen molar-refractivity contribution in [3.63, 3.8) is 0 Å². The van der Waals surface area contributed by atoms with Crippen molar-refractivity contribution in [2.75, 3.05) is 19.7 Å². The predicted octanol–water partition coefficient (Wildman–Crippen LogP) is 1.77. The van der Waals surface area contributed by atoms with Crippen molar-refractivity contribution in [2.45, 2.75) is 19.8 Å². The van der Waals surface area contributed by atoms with Crippen LogP contribution in [0.4, 0.5) is 0 Å². The monoisotopic (exact) mass is 206 g/mol. The van der Waals surface area contributed by atoms with Crippen LogP contribution >= 0.6 is 0 Å². The van der Waals surface area contributed by atoms with Crippen molar-refractivity contribution in [1.29, 1.82) is 0 Å². The number of ether oxygens (including phenoxy) is 1. The van der Waals surface area contributed by atoms with Crippen molar-refractivity contribution in [2.24, 2.45) is 5.92 Å². The van der Waals surface area contributed by atoms with Gasteiger partial charge in [-0.05, 0) is 38.4 Å². The molecular weight excluding hydrogens is 188 g/mol. The van der Waals surface area contributed by atoms with E-state index >= 15 is 0 Å². The van der Waals surface area contributed by atoms with E-state index in [9.17, 15) is 0 Å². The molecule has 2 heterocycles. The highest BCUT2D eigenvalue weighted by atomic mass is 16.5. The van der Waals surface area contributed by atoms with Crippen LogP contribution in [0.15, 0.2) is 18.3 Å². The number of rotatable bonds is 3. The first kappa shape index (κ1) is 10.4. The second-order valence-corrected chi connectivity index (χ2v) is 4.16. The lowest BCUT2D eigenvalue weighted by atomic mass is 10.0. The molecule has 3 nitrogen and oxygen atoms in total. The van der Waals surface area contributed by atoms with Gasteiger partial charge in [-0.25, -0.2) is 0 Å². The molecule has 0 amide bonds. The summed E-state index contributed by atoms with van der Waals surface area (Å²) in [5.74, 6) is 1.53. The zero-order valence-electron chi connectivity index (χ0n) is 9.20. The van der Waals surface area contributed by atoms with E-state index in [0.29, 0.717) is 5.92 Å². The molecule has 0 spiro atoms. The summed E-state index contributed by atoms with van der Waals surface area (Å²) in [6.45, 7) is 5.02. The molecule has 82 valence electrons. The number of hydrogen-bond acceptors (Lipinski definition) is 3. The predicted molar refractivity (Wildman–Crippen MR) is 60.1 cm³/mol. The lowest BCUT2D eigenvalue weighted by molar-refractivity contribution is 0.218. The van der Waals surface area contributed by atoms with E-state index in [1.807, 2.05) is 19.1 Å². The molecule has 1 aromatic heterocycles. The number of hydrogen-bond donors (Lipinski definition) is 1. The van der Waals surface area contributed by atoms with Crippen LogP contribution in [0.5, 0.6) is 5.75 Å². The molecule has 0 radical (unpaired) electrons. The number of pyridine rings is 1. The van der Waals surface area contributed by atoms with Gasteiger partial charge in [-0.15, -0.1) is 0 Å². The van der Waals surface area contributed by atoms with E-state index in [4.69, 9.17) is 4.74 Å². The lowest BCUT2D eigenvalue weighted by Crippen LogP contribution is -2.33. The summed E-state index contributed by atoms with van der Waals surface area (Å²) in [4.78, 5) is 4.20. The van der Waals surface area contributed by atoms with Gasteiger partial charge in [0.2, 0.25) is 0 Å². The summed E-state index contributed by atoms with van der Waals surface area (Å²) in [5.41, 5.74) is 1.03. The van der Waals surface area contributed by atoms with Crippen LogP contribution in [-0.2, 0) is 0 Å². The van der Waals surface area contributed by atoms with Crippen molar-refractivity contribution in [3.05, 3.63) is 24.0 Å². The number of aromatic nitrogens is 1. The van der Waals surface area contributed by atoms with Crippen molar-refractivity contribution in [1.82, 2.24) is 10.3 Å². The molecule has 0 aromatic carbocycles. The van der Waals surface area contributed by atoms with Gasteiger partial charge in [0.15, 0.2) is 0 Å². The Hall–Kier alpha value is -1.09. The molecule has 1 atom stereocenters. The minimum Gasteiger partial charge on any atom is -0.492 e. The van der Waals surface area contributed by atoms with Gasteiger partial charge in [-0.1, -0.05) is 0 Å². The fourth-order valence-corrected chi connectivity index (χ4v) is 1.82. The van der Waals surface area contributed by atoms with E-state index < -0.39 is 0 Å². The van der Waals surface area contributed by atoms with Gasteiger partial charge in [0.25, 0.3) is 0 Å². The molecule has 1 saturated heterocycles. The largest absolute Gasteiger partial charge is 0.492 e. The summed E-state index contributed by atoms with van der Waals surface area (Å²) in [5, 5.41) is 3.38. The first-order valence-electron chi connectivity index (χ1n) is 5.61. The summed E-state index contributed by atoms with van der Waals surface area (Å²) >= 11 is 0. The van der Waals surface area contributed by atoms with E-state index in [1.54, 1.807) is 6.20 Å². The van der Waals surface area contributed by atoms with Gasteiger partial charge in [0.05, 0.1) is 12.8 Å². The third kappa shape index (κ3) is 3.20. The van der Waals surface area contributed by atoms with E-state index in [0.717, 1.165) is 31.1 Å². The molecule has 3 heteroatoms. The highest BCUT2D eigenvalue weighted by molar-refractivity contribution is 5.19. The number of piperidine rings is 1. The van der Waals surface area contributed by atoms with E-state index in [-0.39, 0.29) is 0 Å². The van der Waals surface area contributed by atoms with Crippen LogP contribution in [0.25, 0.3) is 0 Å². The second-order valence-electron chi connectivity index (χ2n) is 4.16. The summed E-state index contributed by atoms with van der Waals surface area (Å²) < 4.78 is 5.70. The fraction of sp³-hybridized carbons (Fsp3) is 0.583. The standard InChI is InChI=1S/C12H18N2O/c1-10-4-5-12(8-14-10)15-9-11-3-2-6-13-7-11/h4-5,8,11,13H,2-3,6-7,9H2,1H3/t11-/m1/s1. The summed E-state index contributed by atoms with van der Waals surface area (Å²) in [6.07, 6.45) is 4.33. The molecule has 0 bridgehead atoms. The molecule has 15 heavy (non-hydrogen) atoms. The third-order valence-corrected chi connectivity index (χ3v) is 2.77. The molecule has 0 aliphatic carbocycles. The maximum atomic E-state index is 5.70. The SMILES string of the molecule is Cc1ccc(OC[C@@H]2CCCNC2)cn1. The van der Waals surface area contributed by atoms with Crippen molar-refractivity contribution in [3.8, 4) is 5.75 Å². The molecule has 0 saturated carbocycles. The van der Waals surface area contributed by atoms with Gasteiger partial charge in [0.1, 0.15) is 5.75 Å². The molecule has 1 aromatic rings. The summed E-state index contributed by atoms with van der Waals surface area (Å²) in [6, 6.07) is 3.97.